The number of nitrogens with zero attached hydrogens (tertiary/aromatic N) is 1. The van der Waals surface area contributed by atoms with Crippen LogP contribution in [0.15, 0.2) is 48.7 Å². The van der Waals surface area contributed by atoms with Crippen molar-refractivity contribution in [1.29, 1.82) is 0 Å². The van der Waals surface area contributed by atoms with Crippen LogP contribution >= 0.6 is 0 Å². The number of nitrogens with one attached hydrogen (secondary N) is 1. The molecule has 0 saturated heterocycles. The standard InChI is InChI=1S/C14H14N2O/c1-10(2)9-16-14(17)12-7-3-5-11-6-4-8-15-13(11)12/h3-8H,1,9H2,2H3,(H,16,17). The summed E-state index contributed by atoms with van der Waals surface area (Å²) in [6.45, 7) is 6.12. The Morgan fingerprint density at radius 1 is 1.35 bits per heavy atom. The zero-order valence-corrected chi connectivity index (χ0v) is 9.73. The quantitative estimate of drug-likeness (QED) is 0.817. The summed E-state index contributed by atoms with van der Waals surface area (Å²) in [5.74, 6) is -0.114. The number of fused-ring (bicyclic) bond motifs is 1. The summed E-state index contributed by atoms with van der Waals surface area (Å²) in [5.41, 5.74) is 2.25. The Morgan fingerprint density at radius 2 is 2.12 bits per heavy atom. The zero-order chi connectivity index (χ0) is 12.3. The Labute approximate surface area is 100 Å². The van der Waals surface area contributed by atoms with Crippen molar-refractivity contribution < 1.29 is 4.79 Å². The first kappa shape index (κ1) is 11.3. The van der Waals surface area contributed by atoms with E-state index in [0.29, 0.717) is 12.1 Å². The molecule has 17 heavy (non-hydrogen) atoms. The number of rotatable bonds is 3. The molecule has 2 rings (SSSR count). The first-order valence-corrected chi connectivity index (χ1v) is 5.45. The van der Waals surface area contributed by atoms with E-state index in [0.717, 1.165) is 16.5 Å². The van der Waals surface area contributed by atoms with Crippen molar-refractivity contribution in [3.8, 4) is 0 Å². The lowest BCUT2D eigenvalue weighted by atomic mass is 10.1. The average Bonchev–Trinajstić information content (AvgIpc) is 2.35. The van der Waals surface area contributed by atoms with Gasteiger partial charge in [0.2, 0.25) is 0 Å². The maximum atomic E-state index is 12.0. The smallest absolute Gasteiger partial charge is 0.253 e. The molecule has 0 aliphatic heterocycles. The molecule has 1 aromatic heterocycles. The van der Waals surface area contributed by atoms with E-state index in [4.69, 9.17) is 0 Å². The van der Waals surface area contributed by atoms with Crippen LogP contribution in [0.2, 0.25) is 0 Å². The van der Waals surface area contributed by atoms with E-state index in [1.165, 1.54) is 0 Å². The fraction of sp³-hybridized carbons (Fsp3) is 0.143. The van der Waals surface area contributed by atoms with Crippen LogP contribution < -0.4 is 5.32 Å². The number of hydrogen-bond acceptors (Lipinski definition) is 2. The molecule has 0 aliphatic rings. The van der Waals surface area contributed by atoms with Gasteiger partial charge in [0.05, 0.1) is 11.1 Å². The van der Waals surface area contributed by atoms with Crippen LogP contribution in [0.1, 0.15) is 17.3 Å². The summed E-state index contributed by atoms with van der Waals surface area (Å²) in [6, 6.07) is 9.39. The van der Waals surface area contributed by atoms with Gasteiger partial charge in [-0.1, -0.05) is 30.4 Å². The lowest BCUT2D eigenvalue weighted by Crippen LogP contribution is -2.25. The van der Waals surface area contributed by atoms with E-state index in [2.05, 4.69) is 16.9 Å². The van der Waals surface area contributed by atoms with Crippen molar-refractivity contribution in [3.05, 3.63) is 54.2 Å². The molecule has 3 nitrogen and oxygen atoms in total. The highest BCUT2D eigenvalue weighted by atomic mass is 16.1. The largest absolute Gasteiger partial charge is 0.348 e. The molecule has 1 N–H and O–H groups in total. The number of hydrogen-bond donors (Lipinski definition) is 1. The van der Waals surface area contributed by atoms with Gasteiger partial charge in [0.15, 0.2) is 0 Å². The van der Waals surface area contributed by atoms with Gasteiger partial charge in [0, 0.05) is 18.1 Å². The number of carbonyl (C=O) groups excluding carboxylic acids is 1. The monoisotopic (exact) mass is 226 g/mol. The van der Waals surface area contributed by atoms with Crippen molar-refractivity contribution in [2.75, 3.05) is 6.54 Å². The molecule has 0 radical (unpaired) electrons. The van der Waals surface area contributed by atoms with E-state index >= 15 is 0 Å². The Hall–Kier alpha value is -2.16. The average molecular weight is 226 g/mol. The summed E-state index contributed by atoms with van der Waals surface area (Å²) in [6.07, 6.45) is 1.69. The minimum absolute atomic E-state index is 0.114. The van der Waals surface area contributed by atoms with E-state index < -0.39 is 0 Å². The topological polar surface area (TPSA) is 42.0 Å². The Kier molecular flexibility index (Phi) is 3.19. The fourth-order valence-corrected chi connectivity index (χ4v) is 1.61. The van der Waals surface area contributed by atoms with Gasteiger partial charge >= 0.3 is 0 Å². The van der Waals surface area contributed by atoms with Gasteiger partial charge in [-0.2, -0.15) is 0 Å². The molecule has 0 saturated carbocycles. The van der Waals surface area contributed by atoms with Crippen LogP contribution in [-0.2, 0) is 0 Å². The summed E-state index contributed by atoms with van der Waals surface area (Å²) in [5, 5.41) is 3.78. The minimum Gasteiger partial charge on any atom is -0.348 e. The molecule has 3 heteroatoms. The summed E-state index contributed by atoms with van der Waals surface area (Å²) >= 11 is 0. The third-order valence-corrected chi connectivity index (χ3v) is 2.43. The molecule has 0 aliphatic carbocycles. The van der Waals surface area contributed by atoms with Gasteiger partial charge < -0.3 is 5.32 Å². The predicted molar refractivity (Wildman–Crippen MR) is 68.9 cm³/mol. The van der Waals surface area contributed by atoms with E-state index in [-0.39, 0.29) is 5.91 Å². The third-order valence-electron chi connectivity index (χ3n) is 2.43. The van der Waals surface area contributed by atoms with Gasteiger partial charge in [0.1, 0.15) is 0 Å². The minimum atomic E-state index is -0.114. The SMILES string of the molecule is C=C(C)CNC(=O)c1cccc2cccnc12. The second-order valence-corrected chi connectivity index (χ2v) is 4.02. The number of amides is 1. The van der Waals surface area contributed by atoms with Crippen LogP contribution in [0.3, 0.4) is 0 Å². The molecule has 0 bridgehead atoms. The number of aromatic nitrogens is 1. The van der Waals surface area contributed by atoms with Gasteiger partial charge in [-0.25, -0.2) is 0 Å². The molecule has 1 amide bonds. The molecular weight excluding hydrogens is 212 g/mol. The Bertz CT molecular complexity index is 570. The summed E-state index contributed by atoms with van der Waals surface area (Å²) in [7, 11) is 0. The van der Waals surface area contributed by atoms with Gasteiger partial charge in [-0.3, -0.25) is 9.78 Å². The van der Waals surface area contributed by atoms with Crippen LogP contribution in [-0.4, -0.2) is 17.4 Å². The zero-order valence-electron chi connectivity index (χ0n) is 9.73. The number of benzene rings is 1. The number of carbonyl (C=O) groups is 1. The second-order valence-electron chi connectivity index (χ2n) is 4.02. The van der Waals surface area contributed by atoms with Crippen molar-refractivity contribution in [2.24, 2.45) is 0 Å². The molecule has 0 atom stereocenters. The highest BCUT2D eigenvalue weighted by molar-refractivity contribution is 6.05. The Morgan fingerprint density at radius 3 is 2.88 bits per heavy atom. The van der Waals surface area contributed by atoms with Crippen molar-refractivity contribution in [1.82, 2.24) is 10.3 Å². The van der Waals surface area contributed by atoms with Crippen LogP contribution in [0.5, 0.6) is 0 Å². The van der Waals surface area contributed by atoms with Crippen molar-refractivity contribution >= 4 is 16.8 Å². The van der Waals surface area contributed by atoms with Crippen LogP contribution in [0.4, 0.5) is 0 Å². The third kappa shape index (κ3) is 2.50. The van der Waals surface area contributed by atoms with Crippen molar-refractivity contribution in [3.63, 3.8) is 0 Å². The molecular formula is C14H14N2O. The van der Waals surface area contributed by atoms with Crippen LogP contribution in [0.25, 0.3) is 10.9 Å². The molecule has 86 valence electrons. The van der Waals surface area contributed by atoms with Gasteiger partial charge in [0.25, 0.3) is 5.91 Å². The van der Waals surface area contributed by atoms with E-state index in [1.54, 1.807) is 12.3 Å². The maximum absolute atomic E-state index is 12.0. The molecule has 0 unspecified atom stereocenters. The highest BCUT2D eigenvalue weighted by Crippen LogP contribution is 2.15. The second kappa shape index (κ2) is 4.78. The van der Waals surface area contributed by atoms with Crippen molar-refractivity contribution in [2.45, 2.75) is 6.92 Å². The molecule has 2 aromatic rings. The first-order valence-electron chi connectivity index (χ1n) is 5.45. The molecule has 0 fully saturated rings. The molecule has 1 heterocycles. The lowest BCUT2D eigenvalue weighted by molar-refractivity contribution is 0.0958. The predicted octanol–water partition coefficient (Wildman–Crippen LogP) is 2.54. The maximum Gasteiger partial charge on any atom is 0.253 e. The summed E-state index contributed by atoms with van der Waals surface area (Å²) < 4.78 is 0. The first-order chi connectivity index (χ1) is 8.18. The fourth-order valence-electron chi connectivity index (χ4n) is 1.61. The highest BCUT2D eigenvalue weighted by Gasteiger charge is 2.09. The van der Waals surface area contributed by atoms with Crippen LogP contribution in [0, 0.1) is 0 Å². The van der Waals surface area contributed by atoms with E-state index in [1.807, 2.05) is 31.2 Å². The number of pyridine rings is 1. The molecule has 0 spiro atoms. The van der Waals surface area contributed by atoms with Gasteiger partial charge in [-0.05, 0) is 19.1 Å². The Balaban J connectivity index is 2.35. The summed E-state index contributed by atoms with van der Waals surface area (Å²) in [4.78, 5) is 16.2. The molecule has 1 aromatic carbocycles. The normalized spacial score (nSPS) is 10.2. The van der Waals surface area contributed by atoms with Gasteiger partial charge in [-0.15, -0.1) is 0 Å². The van der Waals surface area contributed by atoms with E-state index in [9.17, 15) is 4.79 Å². The lowest BCUT2D eigenvalue weighted by Gasteiger charge is -2.06. The number of para-hydroxylation sites is 1.